The van der Waals surface area contributed by atoms with Gasteiger partial charge in [0.25, 0.3) is 0 Å². The van der Waals surface area contributed by atoms with Crippen molar-refractivity contribution in [3.8, 4) is 22.5 Å². The molecule has 0 aliphatic carbocycles. The molecule has 0 bridgehead atoms. The number of aromatic amines is 1. The molecule has 0 aliphatic rings. The maximum Gasteiger partial charge on any atom is 0.144 e. The first-order valence-corrected chi connectivity index (χ1v) is 8.70. The Morgan fingerprint density at radius 3 is 2.78 bits per heavy atom. The van der Waals surface area contributed by atoms with E-state index in [1.54, 1.807) is 0 Å². The maximum atomic E-state index is 4.97. The summed E-state index contributed by atoms with van der Waals surface area (Å²) in [7, 11) is 0. The fourth-order valence-electron chi connectivity index (χ4n) is 3.30. The molecule has 5 aromatic rings. The van der Waals surface area contributed by atoms with Crippen LogP contribution in [0.25, 0.3) is 33.5 Å². The zero-order chi connectivity index (χ0) is 18.1. The average molecular weight is 356 g/mol. The molecule has 0 fully saturated rings. The lowest BCUT2D eigenvalue weighted by Gasteiger charge is -2.10. The molecule has 3 heterocycles. The van der Waals surface area contributed by atoms with Crippen LogP contribution in [0, 0.1) is 0 Å². The predicted octanol–water partition coefficient (Wildman–Crippen LogP) is 3.72. The van der Waals surface area contributed by atoms with E-state index in [0.29, 0.717) is 0 Å². The largest absolute Gasteiger partial charge is 0.330 e. The lowest BCUT2D eigenvalue weighted by atomic mass is 10.0. The third-order valence-corrected chi connectivity index (χ3v) is 4.62. The van der Waals surface area contributed by atoms with Crippen molar-refractivity contribution in [3.63, 3.8) is 0 Å². The standard InChI is InChI=1S/C20H16N6O/c1-2-5-15(6-3-1)18-20(16-7-4-8-17-19(16)25-27-24-17)26(13-21-18)10-9-14-11-22-23-12-14/h1-8,11-13H,9-10H2,(H,22,23). The van der Waals surface area contributed by atoms with Gasteiger partial charge in [-0.3, -0.25) is 5.10 Å². The Morgan fingerprint density at radius 1 is 1.00 bits per heavy atom. The first-order chi connectivity index (χ1) is 13.4. The van der Waals surface area contributed by atoms with Crippen LogP contribution in [0.4, 0.5) is 0 Å². The van der Waals surface area contributed by atoms with Gasteiger partial charge in [-0.15, -0.1) is 0 Å². The van der Waals surface area contributed by atoms with Crippen LogP contribution >= 0.6 is 0 Å². The van der Waals surface area contributed by atoms with E-state index in [0.717, 1.165) is 52.1 Å². The summed E-state index contributed by atoms with van der Waals surface area (Å²) < 4.78 is 7.12. The molecule has 5 rings (SSSR count). The van der Waals surface area contributed by atoms with Gasteiger partial charge in [0.15, 0.2) is 0 Å². The minimum atomic E-state index is 0.731. The van der Waals surface area contributed by atoms with Crippen LogP contribution in [0.2, 0.25) is 0 Å². The number of hydrogen-bond donors (Lipinski definition) is 1. The molecule has 0 saturated heterocycles. The summed E-state index contributed by atoms with van der Waals surface area (Å²) in [4.78, 5) is 4.71. The van der Waals surface area contributed by atoms with Crippen LogP contribution in [0.3, 0.4) is 0 Å². The zero-order valence-electron chi connectivity index (χ0n) is 14.4. The van der Waals surface area contributed by atoms with Crippen molar-refractivity contribution in [1.82, 2.24) is 30.1 Å². The molecule has 0 atom stereocenters. The summed E-state index contributed by atoms with van der Waals surface area (Å²) >= 11 is 0. The fourth-order valence-corrected chi connectivity index (χ4v) is 3.30. The van der Waals surface area contributed by atoms with Crippen molar-refractivity contribution in [2.75, 3.05) is 0 Å². The summed E-state index contributed by atoms with van der Waals surface area (Å²) in [6.07, 6.45) is 6.49. The van der Waals surface area contributed by atoms with Crippen LogP contribution in [-0.2, 0) is 13.0 Å². The molecule has 1 N–H and O–H groups in total. The van der Waals surface area contributed by atoms with Crippen LogP contribution in [0.15, 0.2) is 71.9 Å². The Labute approximate surface area is 154 Å². The molecule has 0 unspecified atom stereocenters. The van der Waals surface area contributed by atoms with Gasteiger partial charge in [0.2, 0.25) is 0 Å². The fraction of sp³-hybridized carbons (Fsp3) is 0.100. The lowest BCUT2D eigenvalue weighted by Crippen LogP contribution is -2.02. The Balaban J connectivity index is 1.66. The van der Waals surface area contributed by atoms with E-state index in [1.807, 2.05) is 55.1 Å². The molecule has 3 aromatic heterocycles. The van der Waals surface area contributed by atoms with Gasteiger partial charge >= 0.3 is 0 Å². The minimum absolute atomic E-state index is 0.731. The van der Waals surface area contributed by atoms with Gasteiger partial charge in [-0.2, -0.15) is 5.10 Å². The summed E-state index contributed by atoms with van der Waals surface area (Å²) in [5.41, 5.74) is 6.55. The normalized spacial score (nSPS) is 11.3. The highest BCUT2D eigenvalue weighted by atomic mass is 16.6. The second-order valence-corrected chi connectivity index (χ2v) is 6.30. The number of hydrogen-bond acceptors (Lipinski definition) is 5. The number of fused-ring (bicyclic) bond motifs is 1. The van der Waals surface area contributed by atoms with Crippen LogP contribution < -0.4 is 0 Å². The van der Waals surface area contributed by atoms with Gasteiger partial charge in [0.1, 0.15) is 11.0 Å². The number of benzene rings is 2. The topological polar surface area (TPSA) is 85.4 Å². The monoisotopic (exact) mass is 356 g/mol. The van der Waals surface area contributed by atoms with Crippen molar-refractivity contribution in [1.29, 1.82) is 0 Å². The number of nitrogens with zero attached hydrogens (tertiary/aromatic N) is 5. The summed E-state index contributed by atoms with van der Waals surface area (Å²) in [5.74, 6) is 0. The second-order valence-electron chi connectivity index (χ2n) is 6.30. The highest BCUT2D eigenvalue weighted by Crippen LogP contribution is 2.34. The van der Waals surface area contributed by atoms with Crippen molar-refractivity contribution >= 4 is 11.0 Å². The summed E-state index contributed by atoms with van der Waals surface area (Å²) in [6.45, 7) is 0.774. The third-order valence-electron chi connectivity index (χ3n) is 4.62. The Bertz CT molecular complexity index is 1170. The van der Waals surface area contributed by atoms with Crippen molar-refractivity contribution < 1.29 is 4.63 Å². The maximum absolute atomic E-state index is 4.97. The SMILES string of the molecule is c1ccc(-c2ncn(CCc3cn[nH]c3)c2-c2cccc3nonc23)cc1. The predicted molar refractivity (Wildman–Crippen MR) is 101 cm³/mol. The minimum Gasteiger partial charge on any atom is -0.330 e. The quantitative estimate of drug-likeness (QED) is 0.519. The van der Waals surface area contributed by atoms with Gasteiger partial charge in [-0.05, 0) is 28.4 Å². The van der Waals surface area contributed by atoms with E-state index < -0.39 is 0 Å². The third kappa shape index (κ3) is 2.79. The Hall–Kier alpha value is -3.74. The number of aryl methyl sites for hydroxylation is 2. The molecule has 7 nitrogen and oxygen atoms in total. The molecule has 7 heteroatoms. The van der Waals surface area contributed by atoms with E-state index in [4.69, 9.17) is 9.61 Å². The zero-order valence-corrected chi connectivity index (χ0v) is 14.4. The molecular weight excluding hydrogens is 340 g/mol. The van der Waals surface area contributed by atoms with E-state index >= 15 is 0 Å². The van der Waals surface area contributed by atoms with E-state index in [9.17, 15) is 0 Å². The van der Waals surface area contributed by atoms with Gasteiger partial charge < -0.3 is 4.57 Å². The van der Waals surface area contributed by atoms with Crippen LogP contribution in [0.1, 0.15) is 5.56 Å². The molecule has 27 heavy (non-hydrogen) atoms. The van der Waals surface area contributed by atoms with Crippen molar-refractivity contribution in [3.05, 3.63) is 72.8 Å². The highest BCUT2D eigenvalue weighted by molar-refractivity contribution is 5.94. The lowest BCUT2D eigenvalue weighted by molar-refractivity contribution is 0.315. The molecule has 2 aromatic carbocycles. The average Bonchev–Trinajstić information content (AvgIpc) is 3.46. The second kappa shape index (κ2) is 6.53. The van der Waals surface area contributed by atoms with Crippen molar-refractivity contribution in [2.45, 2.75) is 13.0 Å². The highest BCUT2D eigenvalue weighted by Gasteiger charge is 2.19. The number of rotatable bonds is 5. The van der Waals surface area contributed by atoms with Gasteiger partial charge in [0.05, 0.1) is 23.9 Å². The first-order valence-electron chi connectivity index (χ1n) is 8.70. The number of H-pyrrole nitrogens is 1. The first kappa shape index (κ1) is 15.5. The number of nitrogens with one attached hydrogen (secondary N) is 1. The van der Waals surface area contributed by atoms with E-state index in [1.165, 1.54) is 0 Å². The molecule has 0 radical (unpaired) electrons. The summed E-state index contributed by atoms with van der Waals surface area (Å²) in [5, 5.41) is 15.0. The Kier molecular flexibility index (Phi) is 3.75. The molecule has 0 aliphatic heterocycles. The van der Waals surface area contributed by atoms with Crippen LogP contribution in [0.5, 0.6) is 0 Å². The summed E-state index contributed by atoms with van der Waals surface area (Å²) in [6, 6.07) is 16.0. The Morgan fingerprint density at radius 2 is 1.93 bits per heavy atom. The molecule has 0 spiro atoms. The molecular formula is C20H16N6O. The van der Waals surface area contributed by atoms with Crippen LogP contribution in [-0.4, -0.2) is 30.1 Å². The van der Waals surface area contributed by atoms with Gasteiger partial charge in [-0.1, -0.05) is 42.5 Å². The molecule has 132 valence electrons. The van der Waals surface area contributed by atoms with Gasteiger partial charge in [-0.25, -0.2) is 9.61 Å². The number of aromatic nitrogens is 6. The number of imidazole rings is 1. The van der Waals surface area contributed by atoms with Crippen molar-refractivity contribution in [2.24, 2.45) is 0 Å². The van der Waals surface area contributed by atoms with E-state index in [-0.39, 0.29) is 0 Å². The van der Waals surface area contributed by atoms with E-state index in [2.05, 4.69) is 37.2 Å². The molecule has 0 saturated carbocycles. The van der Waals surface area contributed by atoms with Gasteiger partial charge in [0, 0.05) is 23.9 Å². The molecule has 0 amide bonds. The smallest absolute Gasteiger partial charge is 0.144 e.